The third kappa shape index (κ3) is 5.50. The zero-order valence-electron chi connectivity index (χ0n) is 14.6. The highest BCUT2D eigenvalue weighted by molar-refractivity contribution is 6.31. The summed E-state index contributed by atoms with van der Waals surface area (Å²) >= 11 is 6.07. The van der Waals surface area contributed by atoms with Crippen LogP contribution in [0.3, 0.4) is 0 Å². The Balaban J connectivity index is 1.96. The average Bonchev–Trinajstić information content (AvgIpc) is 2.58. The van der Waals surface area contributed by atoms with Crippen LogP contribution in [0.2, 0.25) is 5.02 Å². The van der Waals surface area contributed by atoms with Gasteiger partial charge in [-0.1, -0.05) is 30.7 Å². The number of anilines is 3. The zero-order valence-corrected chi connectivity index (χ0v) is 15.3. The minimum absolute atomic E-state index is 0.0653. The summed E-state index contributed by atoms with van der Waals surface area (Å²) in [7, 11) is 0. The summed E-state index contributed by atoms with van der Waals surface area (Å²) in [4.78, 5) is 23.7. The Bertz CT molecular complexity index is 790. The Morgan fingerprint density at radius 2 is 1.60 bits per heavy atom. The standard InChI is InChI=1S/C19H22ClN3O2/c1-4-18(24)23-17-10-15(8-6-13(17)3)22-19(25)11-21-14-7-5-12(2)16(20)9-14/h5-10,21H,4,11H2,1-3H3,(H,22,25)(H,23,24). The number of aryl methyl sites for hydroxylation is 2. The maximum absolute atomic E-state index is 12.1. The molecule has 0 bridgehead atoms. The predicted molar refractivity (Wildman–Crippen MR) is 103 cm³/mol. The third-order valence-electron chi connectivity index (χ3n) is 3.74. The van der Waals surface area contributed by atoms with E-state index in [1.807, 2.05) is 32.0 Å². The molecule has 0 fully saturated rings. The number of amides is 2. The molecule has 0 saturated carbocycles. The number of rotatable bonds is 6. The quantitative estimate of drug-likeness (QED) is 0.717. The lowest BCUT2D eigenvalue weighted by molar-refractivity contribution is -0.116. The van der Waals surface area contributed by atoms with Crippen molar-refractivity contribution in [2.45, 2.75) is 27.2 Å². The highest BCUT2D eigenvalue weighted by Gasteiger charge is 2.07. The molecule has 0 aliphatic rings. The molecule has 0 aliphatic carbocycles. The Labute approximate surface area is 152 Å². The van der Waals surface area contributed by atoms with Gasteiger partial charge in [-0.05, 0) is 49.2 Å². The van der Waals surface area contributed by atoms with E-state index >= 15 is 0 Å². The molecule has 2 rings (SSSR count). The van der Waals surface area contributed by atoms with E-state index in [1.54, 1.807) is 25.1 Å². The van der Waals surface area contributed by atoms with E-state index in [4.69, 9.17) is 11.6 Å². The smallest absolute Gasteiger partial charge is 0.243 e. The van der Waals surface area contributed by atoms with Crippen LogP contribution in [0.25, 0.3) is 0 Å². The molecule has 0 aliphatic heterocycles. The fraction of sp³-hybridized carbons (Fsp3) is 0.263. The molecule has 0 aromatic heterocycles. The molecule has 2 aromatic rings. The van der Waals surface area contributed by atoms with E-state index in [9.17, 15) is 9.59 Å². The zero-order chi connectivity index (χ0) is 18.4. The van der Waals surface area contributed by atoms with Crippen LogP contribution in [-0.4, -0.2) is 18.4 Å². The summed E-state index contributed by atoms with van der Waals surface area (Å²) in [5.74, 6) is -0.252. The van der Waals surface area contributed by atoms with Gasteiger partial charge in [0.1, 0.15) is 0 Å². The van der Waals surface area contributed by atoms with Gasteiger partial charge in [-0.3, -0.25) is 9.59 Å². The van der Waals surface area contributed by atoms with Crippen molar-refractivity contribution in [3.8, 4) is 0 Å². The summed E-state index contributed by atoms with van der Waals surface area (Å²) in [5.41, 5.74) is 4.03. The number of hydrogen-bond donors (Lipinski definition) is 3. The fourth-order valence-corrected chi connectivity index (χ4v) is 2.34. The first kappa shape index (κ1) is 18.8. The van der Waals surface area contributed by atoms with Gasteiger partial charge in [-0.15, -0.1) is 0 Å². The number of carbonyl (C=O) groups excluding carboxylic acids is 2. The molecule has 6 heteroatoms. The largest absolute Gasteiger partial charge is 0.376 e. The van der Waals surface area contributed by atoms with Crippen molar-refractivity contribution in [3.63, 3.8) is 0 Å². The lowest BCUT2D eigenvalue weighted by Crippen LogP contribution is -2.22. The Hall–Kier alpha value is -2.53. The van der Waals surface area contributed by atoms with E-state index in [0.717, 1.165) is 16.8 Å². The second-order valence-electron chi connectivity index (χ2n) is 5.80. The van der Waals surface area contributed by atoms with Gasteiger partial charge in [0, 0.05) is 28.5 Å². The molecule has 3 N–H and O–H groups in total. The first-order valence-corrected chi connectivity index (χ1v) is 8.47. The second-order valence-corrected chi connectivity index (χ2v) is 6.20. The van der Waals surface area contributed by atoms with Crippen LogP contribution >= 0.6 is 11.6 Å². The molecule has 5 nitrogen and oxygen atoms in total. The molecule has 25 heavy (non-hydrogen) atoms. The van der Waals surface area contributed by atoms with E-state index in [0.29, 0.717) is 22.8 Å². The molecule has 0 unspecified atom stereocenters. The molecular formula is C19H22ClN3O2. The molecule has 2 amide bonds. The van der Waals surface area contributed by atoms with Crippen molar-refractivity contribution in [2.75, 3.05) is 22.5 Å². The van der Waals surface area contributed by atoms with Crippen molar-refractivity contribution in [1.82, 2.24) is 0 Å². The molecule has 0 spiro atoms. The fourth-order valence-electron chi connectivity index (χ4n) is 2.16. The van der Waals surface area contributed by atoms with E-state index in [1.165, 1.54) is 0 Å². The summed E-state index contributed by atoms with van der Waals surface area (Å²) in [6.07, 6.45) is 0.402. The first-order valence-electron chi connectivity index (χ1n) is 8.09. The Kier molecular flexibility index (Phi) is 6.42. The number of hydrogen-bond acceptors (Lipinski definition) is 3. The number of benzene rings is 2. The molecule has 132 valence electrons. The van der Waals surface area contributed by atoms with Crippen LogP contribution in [-0.2, 0) is 9.59 Å². The molecule has 2 aromatic carbocycles. The maximum atomic E-state index is 12.1. The lowest BCUT2D eigenvalue weighted by Gasteiger charge is -2.12. The van der Waals surface area contributed by atoms with Crippen LogP contribution < -0.4 is 16.0 Å². The van der Waals surface area contributed by atoms with Gasteiger partial charge in [0.05, 0.1) is 6.54 Å². The summed E-state index contributed by atoms with van der Waals surface area (Å²) < 4.78 is 0. The molecule has 0 atom stereocenters. The minimum Gasteiger partial charge on any atom is -0.376 e. The molecule has 0 heterocycles. The van der Waals surface area contributed by atoms with Gasteiger partial charge < -0.3 is 16.0 Å². The van der Waals surface area contributed by atoms with Crippen LogP contribution in [0, 0.1) is 13.8 Å². The van der Waals surface area contributed by atoms with Crippen LogP contribution in [0.1, 0.15) is 24.5 Å². The molecule has 0 saturated heterocycles. The maximum Gasteiger partial charge on any atom is 0.243 e. The normalized spacial score (nSPS) is 10.2. The number of nitrogens with one attached hydrogen (secondary N) is 3. The van der Waals surface area contributed by atoms with E-state index < -0.39 is 0 Å². The highest BCUT2D eigenvalue weighted by Crippen LogP contribution is 2.21. The summed E-state index contributed by atoms with van der Waals surface area (Å²) in [5, 5.41) is 9.32. The van der Waals surface area contributed by atoms with Crippen LogP contribution in [0.5, 0.6) is 0 Å². The topological polar surface area (TPSA) is 70.2 Å². The van der Waals surface area contributed by atoms with Crippen molar-refractivity contribution in [1.29, 1.82) is 0 Å². The van der Waals surface area contributed by atoms with Crippen molar-refractivity contribution in [2.24, 2.45) is 0 Å². The number of carbonyl (C=O) groups is 2. The number of halogens is 1. The van der Waals surface area contributed by atoms with Gasteiger partial charge in [0.2, 0.25) is 11.8 Å². The predicted octanol–water partition coefficient (Wildman–Crippen LogP) is 4.36. The minimum atomic E-state index is -0.187. The Morgan fingerprint density at radius 3 is 2.28 bits per heavy atom. The van der Waals surface area contributed by atoms with Gasteiger partial charge in [0.15, 0.2) is 0 Å². The molecular weight excluding hydrogens is 338 g/mol. The average molecular weight is 360 g/mol. The summed E-state index contributed by atoms with van der Waals surface area (Å²) in [6.45, 7) is 5.73. The first-order chi connectivity index (χ1) is 11.9. The van der Waals surface area contributed by atoms with Crippen molar-refractivity contribution < 1.29 is 9.59 Å². The monoisotopic (exact) mass is 359 g/mol. The SMILES string of the molecule is CCC(=O)Nc1cc(NC(=O)CNc2ccc(C)c(Cl)c2)ccc1C. The van der Waals surface area contributed by atoms with Crippen molar-refractivity contribution >= 4 is 40.5 Å². The molecule has 0 radical (unpaired) electrons. The lowest BCUT2D eigenvalue weighted by atomic mass is 10.1. The van der Waals surface area contributed by atoms with Gasteiger partial charge >= 0.3 is 0 Å². The van der Waals surface area contributed by atoms with Gasteiger partial charge in [0.25, 0.3) is 0 Å². The van der Waals surface area contributed by atoms with Crippen LogP contribution in [0.15, 0.2) is 36.4 Å². The van der Waals surface area contributed by atoms with Gasteiger partial charge in [-0.2, -0.15) is 0 Å². The third-order valence-corrected chi connectivity index (χ3v) is 4.15. The van der Waals surface area contributed by atoms with Crippen LogP contribution in [0.4, 0.5) is 17.1 Å². The summed E-state index contributed by atoms with van der Waals surface area (Å²) in [6, 6.07) is 11.0. The highest BCUT2D eigenvalue weighted by atomic mass is 35.5. The second kappa shape index (κ2) is 8.53. The van der Waals surface area contributed by atoms with Crippen molar-refractivity contribution in [3.05, 3.63) is 52.5 Å². The van der Waals surface area contributed by atoms with E-state index in [2.05, 4.69) is 16.0 Å². The Morgan fingerprint density at radius 1 is 0.920 bits per heavy atom. The van der Waals surface area contributed by atoms with Gasteiger partial charge in [-0.25, -0.2) is 0 Å². The van der Waals surface area contributed by atoms with E-state index in [-0.39, 0.29) is 18.4 Å².